The van der Waals surface area contributed by atoms with Crippen LogP contribution in [0.3, 0.4) is 0 Å². The first-order valence-electron chi connectivity index (χ1n) is 9.20. The van der Waals surface area contributed by atoms with Crippen molar-refractivity contribution in [2.24, 2.45) is 0 Å². The summed E-state index contributed by atoms with van der Waals surface area (Å²) in [4.78, 5) is 25.7. The van der Waals surface area contributed by atoms with E-state index in [1.54, 1.807) is 60.3 Å². The number of furan rings is 2. The van der Waals surface area contributed by atoms with Crippen molar-refractivity contribution in [3.63, 3.8) is 0 Å². The first-order chi connectivity index (χ1) is 14.7. The summed E-state index contributed by atoms with van der Waals surface area (Å²) in [5, 5.41) is 5.50. The smallest absolute Gasteiger partial charge is 0.291 e. The van der Waals surface area contributed by atoms with Crippen molar-refractivity contribution in [3.05, 3.63) is 102 Å². The highest BCUT2D eigenvalue weighted by Crippen LogP contribution is 2.24. The SMILES string of the molecule is O=C(Nc1cccc(NC(=O)c2ccc(CSc3ccccc3)o2)c1)c1ccco1. The fourth-order valence-corrected chi connectivity index (χ4v) is 3.53. The predicted molar refractivity (Wildman–Crippen MR) is 116 cm³/mol. The summed E-state index contributed by atoms with van der Waals surface area (Å²) in [5.41, 5.74) is 1.07. The number of hydrogen-bond acceptors (Lipinski definition) is 5. The maximum Gasteiger partial charge on any atom is 0.291 e. The number of thioether (sulfide) groups is 1. The Morgan fingerprint density at radius 2 is 1.50 bits per heavy atom. The van der Waals surface area contributed by atoms with Crippen molar-refractivity contribution in [3.8, 4) is 0 Å². The van der Waals surface area contributed by atoms with Gasteiger partial charge >= 0.3 is 0 Å². The minimum Gasteiger partial charge on any atom is -0.459 e. The molecule has 2 amide bonds. The van der Waals surface area contributed by atoms with Gasteiger partial charge in [-0.1, -0.05) is 24.3 Å². The summed E-state index contributed by atoms with van der Waals surface area (Å²) in [5.74, 6) is 1.06. The van der Waals surface area contributed by atoms with Crippen LogP contribution in [0.1, 0.15) is 26.9 Å². The Hall–Kier alpha value is -3.71. The van der Waals surface area contributed by atoms with E-state index < -0.39 is 0 Å². The molecule has 0 radical (unpaired) electrons. The van der Waals surface area contributed by atoms with Crippen molar-refractivity contribution < 1.29 is 18.4 Å². The molecule has 2 aromatic carbocycles. The summed E-state index contributed by atoms with van der Waals surface area (Å²) in [6.07, 6.45) is 1.43. The lowest BCUT2D eigenvalue weighted by Gasteiger charge is -2.07. The molecule has 30 heavy (non-hydrogen) atoms. The number of carbonyl (C=O) groups excluding carboxylic acids is 2. The van der Waals surface area contributed by atoms with Crippen LogP contribution >= 0.6 is 11.8 Å². The van der Waals surface area contributed by atoms with Crippen LogP contribution in [0, 0.1) is 0 Å². The molecule has 150 valence electrons. The van der Waals surface area contributed by atoms with Crippen molar-refractivity contribution in [2.75, 3.05) is 10.6 Å². The van der Waals surface area contributed by atoms with E-state index in [4.69, 9.17) is 8.83 Å². The quantitative estimate of drug-likeness (QED) is 0.378. The Bertz CT molecular complexity index is 1140. The zero-order valence-electron chi connectivity index (χ0n) is 15.8. The summed E-state index contributed by atoms with van der Waals surface area (Å²) in [6.45, 7) is 0. The first-order valence-corrected chi connectivity index (χ1v) is 10.2. The van der Waals surface area contributed by atoms with Crippen LogP contribution in [0.25, 0.3) is 0 Å². The maximum absolute atomic E-state index is 12.5. The second-order valence-electron chi connectivity index (χ2n) is 6.33. The predicted octanol–water partition coefficient (Wildman–Crippen LogP) is 5.67. The number of amides is 2. The number of rotatable bonds is 7. The third kappa shape index (κ3) is 5.01. The monoisotopic (exact) mass is 418 g/mol. The van der Waals surface area contributed by atoms with Crippen LogP contribution in [0.2, 0.25) is 0 Å². The number of hydrogen-bond donors (Lipinski definition) is 2. The molecular weight excluding hydrogens is 400 g/mol. The highest BCUT2D eigenvalue weighted by Gasteiger charge is 2.13. The highest BCUT2D eigenvalue weighted by molar-refractivity contribution is 7.98. The number of nitrogens with one attached hydrogen (secondary N) is 2. The van der Waals surface area contributed by atoms with Gasteiger partial charge in [-0.15, -0.1) is 11.8 Å². The summed E-state index contributed by atoms with van der Waals surface area (Å²) < 4.78 is 10.7. The molecule has 0 fully saturated rings. The van der Waals surface area contributed by atoms with Crippen molar-refractivity contribution in [1.82, 2.24) is 0 Å². The number of benzene rings is 2. The van der Waals surface area contributed by atoms with Crippen molar-refractivity contribution in [2.45, 2.75) is 10.6 Å². The Morgan fingerprint density at radius 3 is 2.20 bits per heavy atom. The molecule has 2 aromatic heterocycles. The number of anilines is 2. The largest absolute Gasteiger partial charge is 0.459 e. The molecule has 0 unspecified atom stereocenters. The molecule has 0 spiro atoms. The zero-order valence-corrected chi connectivity index (χ0v) is 16.6. The molecular formula is C23H18N2O4S. The molecule has 0 aliphatic carbocycles. The third-order valence-corrected chi connectivity index (χ3v) is 5.17. The van der Waals surface area contributed by atoms with Crippen molar-refractivity contribution in [1.29, 1.82) is 0 Å². The van der Waals surface area contributed by atoms with E-state index in [0.717, 1.165) is 4.90 Å². The highest BCUT2D eigenvalue weighted by atomic mass is 32.2. The molecule has 0 aliphatic heterocycles. The van der Waals surface area contributed by atoms with Crippen LogP contribution in [-0.2, 0) is 5.75 Å². The Kier molecular flexibility index (Phi) is 6.01. The Labute approximate surface area is 177 Å². The molecule has 0 saturated carbocycles. The molecule has 0 aliphatic rings. The van der Waals surface area contributed by atoms with Crippen LogP contribution in [0.5, 0.6) is 0 Å². The molecule has 0 bridgehead atoms. The van der Waals surface area contributed by atoms with Gasteiger partial charge in [-0.05, 0) is 54.6 Å². The first kappa shape index (κ1) is 19.6. The molecule has 0 atom stereocenters. The molecule has 2 heterocycles. The second-order valence-corrected chi connectivity index (χ2v) is 7.38. The molecule has 2 N–H and O–H groups in total. The van der Waals surface area contributed by atoms with Crippen LogP contribution in [-0.4, -0.2) is 11.8 Å². The summed E-state index contributed by atoms with van der Waals surface area (Å²) in [7, 11) is 0. The fraction of sp³-hybridized carbons (Fsp3) is 0.0435. The third-order valence-electron chi connectivity index (χ3n) is 4.13. The number of carbonyl (C=O) groups is 2. The molecule has 6 nitrogen and oxygen atoms in total. The van der Waals surface area contributed by atoms with Gasteiger partial charge in [-0.2, -0.15) is 0 Å². The van der Waals surface area contributed by atoms with Gasteiger partial charge in [0.05, 0.1) is 12.0 Å². The van der Waals surface area contributed by atoms with E-state index in [2.05, 4.69) is 10.6 Å². The molecule has 7 heteroatoms. The van der Waals surface area contributed by atoms with E-state index in [1.807, 2.05) is 30.3 Å². The lowest BCUT2D eigenvalue weighted by atomic mass is 10.2. The van der Waals surface area contributed by atoms with Crippen LogP contribution < -0.4 is 10.6 Å². The average Bonchev–Trinajstić information content (AvgIpc) is 3.46. The normalized spacial score (nSPS) is 10.5. The van der Waals surface area contributed by atoms with E-state index in [1.165, 1.54) is 6.26 Å². The summed E-state index contributed by atoms with van der Waals surface area (Å²) >= 11 is 1.64. The maximum atomic E-state index is 12.5. The summed E-state index contributed by atoms with van der Waals surface area (Å²) in [6, 6.07) is 23.5. The topological polar surface area (TPSA) is 84.5 Å². The second kappa shape index (κ2) is 9.19. The average molecular weight is 418 g/mol. The van der Waals surface area contributed by atoms with E-state index >= 15 is 0 Å². The van der Waals surface area contributed by atoms with Gasteiger partial charge < -0.3 is 19.5 Å². The van der Waals surface area contributed by atoms with Gasteiger partial charge in [0.2, 0.25) is 0 Å². The minimum absolute atomic E-state index is 0.209. The van der Waals surface area contributed by atoms with Gasteiger partial charge in [0.15, 0.2) is 11.5 Å². The van der Waals surface area contributed by atoms with Crippen LogP contribution in [0.15, 0.2) is 98.9 Å². The molecule has 4 aromatic rings. The van der Waals surface area contributed by atoms with E-state index in [-0.39, 0.29) is 23.3 Å². The van der Waals surface area contributed by atoms with E-state index in [9.17, 15) is 9.59 Å². The zero-order chi connectivity index (χ0) is 20.8. The van der Waals surface area contributed by atoms with Gasteiger partial charge in [-0.25, -0.2) is 0 Å². The van der Waals surface area contributed by atoms with Gasteiger partial charge in [0, 0.05) is 16.3 Å². The Balaban J connectivity index is 1.36. The van der Waals surface area contributed by atoms with E-state index in [0.29, 0.717) is 22.9 Å². The lowest BCUT2D eigenvalue weighted by Crippen LogP contribution is -2.13. The fourth-order valence-electron chi connectivity index (χ4n) is 2.72. The van der Waals surface area contributed by atoms with Gasteiger partial charge in [0.1, 0.15) is 5.76 Å². The Morgan fingerprint density at radius 1 is 0.767 bits per heavy atom. The lowest BCUT2D eigenvalue weighted by molar-refractivity contribution is 0.0989. The van der Waals surface area contributed by atoms with Gasteiger partial charge in [-0.3, -0.25) is 9.59 Å². The van der Waals surface area contributed by atoms with Gasteiger partial charge in [0.25, 0.3) is 11.8 Å². The molecule has 0 saturated heterocycles. The van der Waals surface area contributed by atoms with Crippen LogP contribution in [0.4, 0.5) is 11.4 Å². The molecule has 4 rings (SSSR count). The minimum atomic E-state index is -0.366. The van der Waals surface area contributed by atoms with Crippen molar-refractivity contribution >= 4 is 35.0 Å². The standard InChI is InChI=1S/C23H18N2O4S/c26-22(20-10-5-13-28-20)24-16-6-4-7-17(14-16)25-23(27)21-12-11-18(29-21)15-30-19-8-2-1-3-9-19/h1-14H,15H2,(H,24,26)(H,25,27).